The normalized spacial score (nSPS) is 11.1. The number of ether oxygens (including phenoxy) is 2. The van der Waals surface area contributed by atoms with Crippen molar-refractivity contribution in [3.8, 4) is 11.5 Å². The highest BCUT2D eigenvalue weighted by Crippen LogP contribution is 2.25. The van der Waals surface area contributed by atoms with Crippen LogP contribution in [0.2, 0.25) is 0 Å². The van der Waals surface area contributed by atoms with E-state index in [9.17, 15) is 0 Å². The number of unbranched alkanes of at least 4 members (excludes halogenated alkanes) is 6. The Balaban J connectivity index is 1.03. The maximum Gasteiger partial charge on any atom is 0.127 e. The molecule has 0 spiro atoms. The van der Waals surface area contributed by atoms with Crippen molar-refractivity contribution < 1.29 is 9.47 Å². The summed E-state index contributed by atoms with van der Waals surface area (Å²) in [6.45, 7) is 1.60. The summed E-state index contributed by atoms with van der Waals surface area (Å²) >= 11 is 0. The molecule has 0 aliphatic carbocycles. The van der Waals surface area contributed by atoms with Crippen molar-refractivity contribution in [2.75, 3.05) is 13.2 Å². The van der Waals surface area contributed by atoms with Gasteiger partial charge in [0.05, 0.1) is 13.2 Å². The lowest BCUT2D eigenvalue weighted by atomic mass is 10.1. The molecule has 0 fully saturated rings. The molecular weight excluding hydrogens is 380 g/mol. The molecule has 2 nitrogen and oxygen atoms in total. The van der Waals surface area contributed by atoms with E-state index in [2.05, 4.69) is 84.9 Å². The summed E-state index contributed by atoms with van der Waals surface area (Å²) < 4.78 is 12.0. The summed E-state index contributed by atoms with van der Waals surface area (Å²) in [6.07, 6.45) is 8.57. The molecule has 0 bridgehead atoms. The van der Waals surface area contributed by atoms with Crippen LogP contribution < -0.4 is 9.47 Å². The van der Waals surface area contributed by atoms with Gasteiger partial charge < -0.3 is 9.47 Å². The third kappa shape index (κ3) is 6.24. The van der Waals surface area contributed by atoms with Gasteiger partial charge in [0.25, 0.3) is 0 Å². The zero-order chi connectivity index (χ0) is 21.1. The summed E-state index contributed by atoms with van der Waals surface area (Å²) in [5, 5.41) is 4.95. The van der Waals surface area contributed by atoms with Crippen molar-refractivity contribution >= 4 is 21.5 Å². The molecule has 0 saturated carbocycles. The van der Waals surface area contributed by atoms with E-state index in [1.54, 1.807) is 0 Å². The number of fused-ring (bicyclic) bond motifs is 2. The van der Waals surface area contributed by atoms with Crippen LogP contribution in [0.4, 0.5) is 0 Å². The lowest BCUT2D eigenvalue weighted by molar-refractivity contribution is 0.301. The highest BCUT2D eigenvalue weighted by Gasteiger charge is 2.01. The Hall–Kier alpha value is -3.00. The Morgan fingerprint density at radius 1 is 0.452 bits per heavy atom. The van der Waals surface area contributed by atoms with Crippen LogP contribution in [0.25, 0.3) is 21.5 Å². The molecule has 0 heterocycles. The Bertz CT molecular complexity index is 1080. The summed E-state index contributed by atoms with van der Waals surface area (Å²) in [7, 11) is 0. The van der Waals surface area contributed by atoms with E-state index in [1.807, 2.05) is 0 Å². The van der Waals surface area contributed by atoms with Crippen LogP contribution in [-0.4, -0.2) is 13.2 Å². The Morgan fingerprint density at radius 3 is 1.87 bits per heavy atom. The molecule has 160 valence electrons. The summed E-state index contributed by atoms with van der Waals surface area (Å²) in [4.78, 5) is 0. The zero-order valence-corrected chi connectivity index (χ0v) is 18.3. The SMILES string of the molecule is c1ccc2cc(OCCCCCCCCCOc3cccc4ccccc34)ccc2c1. The van der Waals surface area contributed by atoms with E-state index in [0.717, 1.165) is 37.6 Å². The lowest BCUT2D eigenvalue weighted by Gasteiger charge is -2.09. The largest absolute Gasteiger partial charge is 0.494 e. The lowest BCUT2D eigenvalue weighted by Crippen LogP contribution is -1.98. The summed E-state index contributed by atoms with van der Waals surface area (Å²) in [6, 6.07) is 29.4. The topological polar surface area (TPSA) is 18.5 Å². The van der Waals surface area contributed by atoms with Gasteiger partial charge in [-0.1, -0.05) is 98.8 Å². The van der Waals surface area contributed by atoms with Crippen molar-refractivity contribution in [1.29, 1.82) is 0 Å². The number of hydrogen-bond acceptors (Lipinski definition) is 2. The quantitative estimate of drug-likeness (QED) is 0.218. The van der Waals surface area contributed by atoms with Gasteiger partial charge in [0, 0.05) is 5.39 Å². The Morgan fingerprint density at radius 2 is 1.06 bits per heavy atom. The molecule has 4 rings (SSSR count). The fourth-order valence-corrected chi connectivity index (χ4v) is 4.04. The van der Waals surface area contributed by atoms with Crippen molar-refractivity contribution in [3.63, 3.8) is 0 Å². The van der Waals surface area contributed by atoms with Gasteiger partial charge in [-0.05, 0) is 47.2 Å². The highest BCUT2D eigenvalue weighted by atomic mass is 16.5. The van der Waals surface area contributed by atoms with Gasteiger partial charge in [-0.3, -0.25) is 0 Å². The van der Waals surface area contributed by atoms with Crippen LogP contribution >= 0.6 is 0 Å². The first kappa shape index (κ1) is 21.2. The van der Waals surface area contributed by atoms with Crippen LogP contribution in [0.1, 0.15) is 44.9 Å². The molecule has 0 atom stereocenters. The minimum atomic E-state index is 0.799. The monoisotopic (exact) mass is 412 g/mol. The average molecular weight is 413 g/mol. The van der Waals surface area contributed by atoms with Gasteiger partial charge in [-0.15, -0.1) is 0 Å². The molecular formula is C29H32O2. The maximum absolute atomic E-state index is 6.03. The Labute approximate surface area is 185 Å². The van der Waals surface area contributed by atoms with Gasteiger partial charge in [0.1, 0.15) is 11.5 Å². The second-order valence-corrected chi connectivity index (χ2v) is 8.16. The molecule has 0 aliphatic rings. The third-order valence-corrected chi connectivity index (χ3v) is 5.79. The van der Waals surface area contributed by atoms with Gasteiger partial charge >= 0.3 is 0 Å². The number of benzene rings is 4. The zero-order valence-electron chi connectivity index (χ0n) is 18.3. The molecule has 0 N–H and O–H groups in total. The van der Waals surface area contributed by atoms with Gasteiger partial charge in [0.15, 0.2) is 0 Å². The van der Waals surface area contributed by atoms with Crippen LogP contribution in [0, 0.1) is 0 Å². The van der Waals surface area contributed by atoms with E-state index in [0.29, 0.717) is 0 Å². The smallest absolute Gasteiger partial charge is 0.127 e. The van der Waals surface area contributed by atoms with E-state index in [1.165, 1.54) is 53.6 Å². The first-order valence-electron chi connectivity index (χ1n) is 11.6. The predicted molar refractivity (Wildman–Crippen MR) is 131 cm³/mol. The standard InChI is InChI=1S/C29H32O2/c1(2-4-10-21-30-27-20-19-24-13-6-7-15-26(24)23-27)3-5-11-22-31-29-18-12-16-25-14-8-9-17-28(25)29/h6-9,12-20,23H,1-5,10-11,21-22H2. The van der Waals surface area contributed by atoms with Crippen molar-refractivity contribution in [2.24, 2.45) is 0 Å². The minimum absolute atomic E-state index is 0.799. The van der Waals surface area contributed by atoms with E-state index >= 15 is 0 Å². The molecule has 0 saturated heterocycles. The molecule has 0 amide bonds. The maximum atomic E-state index is 6.03. The molecule has 0 aromatic heterocycles. The summed E-state index contributed by atoms with van der Waals surface area (Å²) in [5.74, 6) is 1.98. The second kappa shape index (κ2) is 11.4. The first-order chi connectivity index (χ1) is 15.4. The highest BCUT2D eigenvalue weighted by molar-refractivity contribution is 5.88. The minimum Gasteiger partial charge on any atom is -0.494 e. The molecule has 4 aromatic rings. The molecule has 4 aromatic carbocycles. The van der Waals surface area contributed by atoms with Crippen LogP contribution in [0.5, 0.6) is 11.5 Å². The molecule has 0 unspecified atom stereocenters. The fraction of sp³-hybridized carbons (Fsp3) is 0.310. The molecule has 31 heavy (non-hydrogen) atoms. The third-order valence-electron chi connectivity index (χ3n) is 5.79. The number of hydrogen-bond donors (Lipinski definition) is 0. The second-order valence-electron chi connectivity index (χ2n) is 8.16. The molecule has 0 radical (unpaired) electrons. The fourth-order valence-electron chi connectivity index (χ4n) is 4.04. The van der Waals surface area contributed by atoms with Gasteiger partial charge in [-0.2, -0.15) is 0 Å². The number of rotatable bonds is 12. The van der Waals surface area contributed by atoms with Crippen LogP contribution in [-0.2, 0) is 0 Å². The van der Waals surface area contributed by atoms with E-state index < -0.39 is 0 Å². The van der Waals surface area contributed by atoms with E-state index in [-0.39, 0.29) is 0 Å². The van der Waals surface area contributed by atoms with Gasteiger partial charge in [0.2, 0.25) is 0 Å². The first-order valence-corrected chi connectivity index (χ1v) is 11.6. The van der Waals surface area contributed by atoms with E-state index in [4.69, 9.17) is 9.47 Å². The van der Waals surface area contributed by atoms with Crippen molar-refractivity contribution in [3.05, 3.63) is 84.9 Å². The van der Waals surface area contributed by atoms with Crippen molar-refractivity contribution in [1.82, 2.24) is 0 Å². The molecule has 0 aliphatic heterocycles. The van der Waals surface area contributed by atoms with Gasteiger partial charge in [-0.25, -0.2) is 0 Å². The Kier molecular flexibility index (Phi) is 7.82. The molecule has 2 heteroatoms. The summed E-state index contributed by atoms with van der Waals surface area (Å²) in [5.41, 5.74) is 0. The van der Waals surface area contributed by atoms with Crippen molar-refractivity contribution in [2.45, 2.75) is 44.9 Å². The predicted octanol–water partition coefficient (Wildman–Crippen LogP) is 8.18. The average Bonchev–Trinajstić information content (AvgIpc) is 2.82. The van der Waals surface area contributed by atoms with Crippen LogP contribution in [0.3, 0.4) is 0 Å². The van der Waals surface area contributed by atoms with Crippen LogP contribution in [0.15, 0.2) is 84.9 Å².